The molecule has 1 N–H and O–H groups in total. The summed E-state index contributed by atoms with van der Waals surface area (Å²) >= 11 is 5.94. The average molecular weight is 267 g/mol. The van der Waals surface area contributed by atoms with Gasteiger partial charge in [-0.2, -0.15) is 0 Å². The summed E-state index contributed by atoms with van der Waals surface area (Å²) in [5, 5.41) is 3.20. The largest absolute Gasteiger partial charge is 0.323 e. The second-order valence-electron chi connectivity index (χ2n) is 5.09. The van der Waals surface area contributed by atoms with Gasteiger partial charge in [0.2, 0.25) is 5.91 Å². The predicted octanol–water partition coefficient (Wildman–Crippen LogP) is 3.95. The van der Waals surface area contributed by atoms with Crippen LogP contribution in [0.15, 0.2) is 12.3 Å². The Kier molecular flexibility index (Phi) is 4.59. The van der Waals surface area contributed by atoms with Crippen molar-refractivity contribution in [2.75, 3.05) is 5.32 Å². The second kappa shape index (κ2) is 6.19. The molecule has 0 atom stereocenters. The number of hydrogen-bond donors (Lipinski definition) is 1. The van der Waals surface area contributed by atoms with Gasteiger partial charge in [0, 0.05) is 12.6 Å². The maximum Gasteiger partial charge on any atom is 0.224 e. The lowest BCUT2D eigenvalue weighted by Crippen LogP contribution is -2.13. The number of hydrogen-bond acceptors (Lipinski definition) is 2. The SMILES string of the molecule is Cc1cnc(Cl)c(NC(=O)CCC2CCCC2)c1. The lowest BCUT2D eigenvalue weighted by Gasteiger charge is -2.10. The van der Waals surface area contributed by atoms with Crippen LogP contribution in [0.3, 0.4) is 0 Å². The second-order valence-corrected chi connectivity index (χ2v) is 5.45. The van der Waals surface area contributed by atoms with Gasteiger partial charge in [-0.25, -0.2) is 4.98 Å². The monoisotopic (exact) mass is 266 g/mol. The third-order valence-corrected chi connectivity index (χ3v) is 3.81. The molecule has 0 unspecified atom stereocenters. The number of halogens is 1. The Balaban J connectivity index is 1.84. The van der Waals surface area contributed by atoms with Crippen LogP contribution in [0.4, 0.5) is 5.69 Å². The fourth-order valence-corrected chi connectivity index (χ4v) is 2.64. The quantitative estimate of drug-likeness (QED) is 0.839. The molecule has 0 spiro atoms. The van der Waals surface area contributed by atoms with Crippen LogP contribution < -0.4 is 5.32 Å². The highest BCUT2D eigenvalue weighted by Crippen LogP contribution is 2.28. The molecule has 0 aliphatic heterocycles. The van der Waals surface area contributed by atoms with Gasteiger partial charge in [0.05, 0.1) is 5.69 Å². The molecule has 1 aromatic rings. The van der Waals surface area contributed by atoms with Crippen LogP contribution in [0.25, 0.3) is 0 Å². The molecule has 1 aliphatic carbocycles. The highest BCUT2D eigenvalue weighted by molar-refractivity contribution is 6.32. The van der Waals surface area contributed by atoms with Crippen LogP contribution in [0, 0.1) is 12.8 Å². The van der Waals surface area contributed by atoms with Crippen LogP contribution in [0.5, 0.6) is 0 Å². The summed E-state index contributed by atoms with van der Waals surface area (Å²) in [5.41, 5.74) is 1.61. The highest BCUT2D eigenvalue weighted by atomic mass is 35.5. The van der Waals surface area contributed by atoms with E-state index in [0.29, 0.717) is 17.3 Å². The van der Waals surface area contributed by atoms with Gasteiger partial charge in [-0.15, -0.1) is 0 Å². The Hall–Kier alpha value is -1.09. The Morgan fingerprint density at radius 1 is 1.50 bits per heavy atom. The maximum absolute atomic E-state index is 11.8. The van der Waals surface area contributed by atoms with Crippen molar-refractivity contribution in [1.29, 1.82) is 0 Å². The smallest absolute Gasteiger partial charge is 0.224 e. The first kappa shape index (κ1) is 13.3. The maximum atomic E-state index is 11.8. The molecule has 0 radical (unpaired) electrons. The normalized spacial score (nSPS) is 15.9. The molecule has 0 aromatic carbocycles. The van der Waals surface area contributed by atoms with E-state index in [9.17, 15) is 4.79 Å². The van der Waals surface area contributed by atoms with E-state index in [1.807, 2.05) is 13.0 Å². The molecule has 4 heteroatoms. The number of nitrogens with zero attached hydrogens (tertiary/aromatic N) is 1. The van der Waals surface area contributed by atoms with Gasteiger partial charge in [0.15, 0.2) is 5.15 Å². The molecular weight excluding hydrogens is 248 g/mol. The molecule has 0 bridgehead atoms. The lowest BCUT2D eigenvalue weighted by molar-refractivity contribution is -0.116. The van der Waals surface area contributed by atoms with Gasteiger partial charge >= 0.3 is 0 Å². The lowest BCUT2D eigenvalue weighted by atomic mass is 10.0. The van der Waals surface area contributed by atoms with Gasteiger partial charge in [-0.05, 0) is 30.9 Å². The van der Waals surface area contributed by atoms with Crippen LogP contribution in [0.2, 0.25) is 5.15 Å². The van der Waals surface area contributed by atoms with Crippen LogP contribution >= 0.6 is 11.6 Å². The van der Waals surface area contributed by atoms with Gasteiger partial charge < -0.3 is 5.32 Å². The van der Waals surface area contributed by atoms with E-state index in [0.717, 1.165) is 17.9 Å². The number of aromatic nitrogens is 1. The van der Waals surface area contributed by atoms with Crippen molar-refractivity contribution in [3.63, 3.8) is 0 Å². The molecule has 98 valence electrons. The number of aryl methyl sites for hydroxylation is 1. The van der Waals surface area contributed by atoms with E-state index in [2.05, 4.69) is 10.3 Å². The van der Waals surface area contributed by atoms with E-state index in [1.165, 1.54) is 25.7 Å². The van der Waals surface area contributed by atoms with E-state index in [-0.39, 0.29) is 5.91 Å². The van der Waals surface area contributed by atoms with Crippen molar-refractivity contribution >= 4 is 23.2 Å². The molecule has 0 saturated heterocycles. The zero-order valence-electron chi connectivity index (χ0n) is 10.7. The minimum atomic E-state index is 0.0381. The number of nitrogens with one attached hydrogen (secondary N) is 1. The summed E-state index contributed by atoms with van der Waals surface area (Å²) in [7, 11) is 0. The van der Waals surface area contributed by atoms with Crippen molar-refractivity contribution in [3.05, 3.63) is 23.0 Å². The molecule has 1 amide bonds. The fraction of sp³-hybridized carbons (Fsp3) is 0.571. The number of amides is 1. The summed E-state index contributed by atoms with van der Waals surface area (Å²) in [5.74, 6) is 0.776. The third-order valence-electron chi connectivity index (χ3n) is 3.50. The molecule has 18 heavy (non-hydrogen) atoms. The number of pyridine rings is 1. The topological polar surface area (TPSA) is 42.0 Å². The van der Waals surface area contributed by atoms with Crippen molar-refractivity contribution in [3.8, 4) is 0 Å². The third kappa shape index (κ3) is 3.70. The first-order valence-electron chi connectivity index (χ1n) is 6.57. The van der Waals surface area contributed by atoms with E-state index >= 15 is 0 Å². The zero-order chi connectivity index (χ0) is 13.0. The first-order valence-corrected chi connectivity index (χ1v) is 6.95. The molecule has 1 saturated carbocycles. The zero-order valence-corrected chi connectivity index (χ0v) is 11.5. The van der Waals surface area contributed by atoms with Crippen molar-refractivity contribution in [1.82, 2.24) is 4.98 Å². The number of carbonyl (C=O) groups is 1. The fourth-order valence-electron chi connectivity index (χ4n) is 2.49. The number of rotatable bonds is 4. The average Bonchev–Trinajstić information content (AvgIpc) is 2.84. The molecule has 2 rings (SSSR count). The predicted molar refractivity (Wildman–Crippen MR) is 73.8 cm³/mol. The molecule has 1 fully saturated rings. The van der Waals surface area contributed by atoms with E-state index in [1.54, 1.807) is 6.20 Å². The van der Waals surface area contributed by atoms with Gasteiger partial charge in [0.1, 0.15) is 0 Å². The molecular formula is C14H19ClN2O. The van der Waals surface area contributed by atoms with Gasteiger partial charge in [0.25, 0.3) is 0 Å². The Labute approximate surface area is 113 Å². The van der Waals surface area contributed by atoms with Gasteiger partial charge in [-0.1, -0.05) is 37.3 Å². The Morgan fingerprint density at radius 2 is 2.22 bits per heavy atom. The van der Waals surface area contributed by atoms with E-state index < -0.39 is 0 Å². The molecule has 3 nitrogen and oxygen atoms in total. The highest BCUT2D eigenvalue weighted by Gasteiger charge is 2.16. The standard InChI is InChI=1S/C14H19ClN2O/c1-10-8-12(14(15)16-9-10)17-13(18)7-6-11-4-2-3-5-11/h8-9,11H,2-7H2,1H3,(H,17,18). The number of carbonyl (C=O) groups excluding carboxylic acids is 1. The Bertz CT molecular complexity index is 428. The summed E-state index contributed by atoms with van der Waals surface area (Å²) in [4.78, 5) is 15.9. The molecule has 1 aromatic heterocycles. The number of anilines is 1. The Morgan fingerprint density at radius 3 is 2.94 bits per heavy atom. The van der Waals surface area contributed by atoms with Crippen molar-refractivity contribution in [2.24, 2.45) is 5.92 Å². The summed E-state index contributed by atoms with van der Waals surface area (Å²) in [6.45, 7) is 1.93. The minimum Gasteiger partial charge on any atom is -0.323 e. The van der Waals surface area contributed by atoms with Gasteiger partial charge in [-0.3, -0.25) is 4.79 Å². The van der Waals surface area contributed by atoms with Crippen molar-refractivity contribution < 1.29 is 4.79 Å². The molecule has 1 aliphatic rings. The summed E-state index contributed by atoms with van der Waals surface area (Å²) < 4.78 is 0. The summed E-state index contributed by atoms with van der Waals surface area (Å²) in [6.07, 6.45) is 8.45. The minimum absolute atomic E-state index is 0.0381. The van der Waals surface area contributed by atoms with Crippen molar-refractivity contribution in [2.45, 2.75) is 45.4 Å². The van der Waals surface area contributed by atoms with E-state index in [4.69, 9.17) is 11.6 Å². The molecule has 1 heterocycles. The summed E-state index contributed by atoms with van der Waals surface area (Å²) in [6, 6.07) is 1.85. The van der Waals surface area contributed by atoms with Crippen LogP contribution in [-0.4, -0.2) is 10.9 Å². The van der Waals surface area contributed by atoms with Crippen LogP contribution in [0.1, 0.15) is 44.1 Å². The first-order chi connectivity index (χ1) is 8.65. The van der Waals surface area contributed by atoms with Crippen LogP contribution in [-0.2, 0) is 4.79 Å².